The summed E-state index contributed by atoms with van der Waals surface area (Å²) in [5, 5.41) is 12.4. The quantitative estimate of drug-likeness (QED) is 0.764. The van der Waals surface area contributed by atoms with Crippen LogP contribution in [0.15, 0.2) is 30.9 Å². The van der Waals surface area contributed by atoms with E-state index >= 15 is 0 Å². The maximum atomic E-state index is 11.8. The van der Waals surface area contributed by atoms with E-state index in [1.54, 1.807) is 24.3 Å². The zero-order valence-electron chi connectivity index (χ0n) is 9.66. The number of nitrogens with one attached hydrogen (secondary N) is 1. The maximum Gasteiger partial charge on any atom is 0.255 e. The number of hydrogen-bond acceptors (Lipinski definition) is 2. The monoisotopic (exact) mass is 219 g/mol. The normalized spacial score (nSPS) is 11.9. The van der Waals surface area contributed by atoms with Gasteiger partial charge in [0.1, 0.15) is 5.75 Å². The first-order valence-electron chi connectivity index (χ1n) is 5.26. The van der Waals surface area contributed by atoms with Gasteiger partial charge in [0.2, 0.25) is 0 Å². The smallest absolute Gasteiger partial charge is 0.255 e. The van der Waals surface area contributed by atoms with Gasteiger partial charge < -0.3 is 10.4 Å². The second kappa shape index (κ2) is 5.35. The third-order valence-electron chi connectivity index (χ3n) is 2.30. The van der Waals surface area contributed by atoms with E-state index in [1.165, 1.54) is 0 Å². The molecule has 1 unspecified atom stereocenters. The predicted octanol–water partition coefficient (Wildman–Crippen LogP) is 2.40. The van der Waals surface area contributed by atoms with Crippen LogP contribution < -0.4 is 5.32 Å². The molecule has 0 aliphatic rings. The van der Waals surface area contributed by atoms with Crippen LogP contribution in [0, 0.1) is 6.92 Å². The number of aryl methyl sites for hydroxylation is 1. The van der Waals surface area contributed by atoms with Gasteiger partial charge >= 0.3 is 0 Å². The number of phenolic OH excluding ortho intramolecular Hbond substituents is 1. The molecule has 1 aromatic carbocycles. The summed E-state index contributed by atoms with van der Waals surface area (Å²) in [5.74, 6) is -0.241. The standard InChI is InChI=1S/C13H17NO2/c1-4-5-10(3)14-13(16)11-7-6-9(2)8-12(11)15/h4,6-8,10,15H,1,5H2,2-3H3,(H,14,16). The molecule has 1 aromatic rings. The summed E-state index contributed by atoms with van der Waals surface area (Å²) in [6, 6.07) is 5.02. The van der Waals surface area contributed by atoms with Gasteiger partial charge in [-0.3, -0.25) is 4.79 Å². The van der Waals surface area contributed by atoms with Crippen LogP contribution >= 0.6 is 0 Å². The highest BCUT2D eigenvalue weighted by Gasteiger charge is 2.12. The third kappa shape index (κ3) is 3.12. The lowest BCUT2D eigenvalue weighted by Gasteiger charge is -2.12. The van der Waals surface area contributed by atoms with Gasteiger partial charge in [-0.05, 0) is 38.0 Å². The van der Waals surface area contributed by atoms with Crippen molar-refractivity contribution in [3.8, 4) is 5.75 Å². The van der Waals surface area contributed by atoms with Crippen LogP contribution in [0.5, 0.6) is 5.75 Å². The summed E-state index contributed by atoms with van der Waals surface area (Å²) in [7, 11) is 0. The number of aromatic hydroxyl groups is 1. The van der Waals surface area contributed by atoms with Crippen molar-refractivity contribution in [2.24, 2.45) is 0 Å². The Labute approximate surface area is 95.8 Å². The fourth-order valence-electron chi connectivity index (χ4n) is 1.44. The Bertz CT molecular complexity index is 399. The van der Waals surface area contributed by atoms with E-state index < -0.39 is 0 Å². The molecule has 0 fully saturated rings. The van der Waals surface area contributed by atoms with Crippen LogP contribution in [0.4, 0.5) is 0 Å². The third-order valence-corrected chi connectivity index (χ3v) is 2.30. The Morgan fingerprint density at radius 2 is 2.31 bits per heavy atom. The van der Waals surface area contributed by atoms with Gasteiger partial charge in [-0.25, -0.2) is 0 Å². The summed E-state index contributed by atoms with van der Waals surface area (Å²) in [5.41, 5.74) is 1.23. The van der Waals surface area contributed by atoms with Crippen molar-refractivity contribution >= 4 is 5.91 Å². The Morgan fingerprint density at radius 1 is 1.62 bits per heavy atom. The molecule has 0 aromatic heterocycles. The van der Waals surface area contributed by atoms with Crippen molar-refractivity contribution in [3.63, 3.8) is 0 Å². The molecule has 86 valence electrons. The Hall–Kier alpha value is -1.77. The number of amides is 1. The van der Waals surface area contributed by atoms with Crippen molar-refractivity contribution in [1.82, 2.24) is 5.32 Å². The molecule has 0 heterocycles. The van der Waals surface area contributed by atoms with Crippen LogP contribution in [0.2, 0.25) is 0 Å². The molecule has 1 rings (SSSR count). The molecule has 3 nitrogen and oxygen atoms in total. The molecule has 0 bridgehead atoms. The maximum absolute atomic E-state index is 11.8. The van der Waals surface area contributed by atoms with Gasteiger partial charge in [-0.1, -0.05) is 12.1 Å². The summed E-state index contributed by atoms with van der Waals surface area (Å²) >= 11 is 0. The molecule has 1 atom stereocenters. The van der Waals surface area contributed by atoms with Gasteiger partial charge in [0.05, 0.1) is 5.56 Å². The van der Waals surface area contributed by atoms with Gasteiger partial charge in [-0.2, -0.15) is 0 Å². The first-order chi connectivity index (χ1) is 7.54. The second-order valence-electron chi connectivity index (χ2n) is 3.92. The number of rotatable bonds is 4. The van der Waals surface area contributed by atoms with Crippen LogP contribution in [0.25, 0.3) is 0 Å². The number of phenols is 1. The van der Waals surface area contributed by atoms with Crippen molar-refractivity contribution in [3.05, 3.63) is 42.0 Å². The van der Waals surface area contributed by atoms with Gasteiger partial charge in [0.25, 0.3) is 5.91 Å². The summed E-state index contributed by atoms with van der Waals surface area (Å²) < 4.78 is 0. The molecular weight excluding hydrogens is 202 g/mol. The Morgan fingerprint density at radius 3 is 2.88 bits per heavy atom. The van der Waals surface area contributed by atoms with Crippen molar-refractivity contribution in [1.29, 1.82) is 0 Å². The first kappa shape index (κ1) is 12.3. The highest BCUT2D eigenvalue weighted by atomic mass is 16.3. The number of benzene rings is 1. The van der Waals surface area contributed by atoms with Crippen LogP contribution in [0.3, 0.4) is 0 Å². The topological polar surface area (TPSA) is 49.3 Å². The van der Waals surface area contributed by atoms with Crippen molar-refractivity contribution in [2.75, 3.05) is 0 Å². The second-order valence-corrected chi connectivity index (χ2v) is 3.92. The minimum atomic E-state index is -0.258. The van der Waals surface area contributed by atoms with Crippen molar-refractivity contribution < 1.29 is 9.90 Å². The molecule has 3 heteroatoms. The van der Waals surface area contributed by atoms with E-state index in [4.69, 9.17) is 0 Å². The molecule has 2 N–H and O–H groups in total. The summed E-state index contributed by atoms with van der Waals surface area (Å²) in [6.45, 7) is 7.37. The van der Waals surface area contributed by atoms with Gasteiger partial charge in [0.15, 0.2) is 0 Å². The minimum Gasteiger partial charge on any atom is -0.507 e. The van der Waals surface area contributed by atoms with Crippen LogP contribution in [-0.2, 0) is 0 Å². The molecule has 0 saturated heterocycles. The van der Waals surface area contributed by atoms with Gasteiger partial charge in [0, 0.05) is 6.04 Å². The molecule has 0 saturated carbocycles. The fraction of sp³-hybridized carbons (Fsp3) is 0.308. The van der Waals surface area contributed by atoms with E-state index in [-0.39, 0.29) is 17.7 Å². The average molecular weight is 219 g/mol. The van der Waals surface area contributed by atoms with E-state index in [0.717, 1.165) is 5.56 Å². The number of carbonyl (C=O) groups is 1. The summed E-state index contributed by atoms with van der Waals surface area (Å²) in [4.78, 5) is 11.8. The molecule has 0 spiro atoms. The average Bonchev–Trinajstić information content (AvgIpc) is 2.17. The Balaban J connectivity index is 2.76. The van der Waals surface area contributed by atoms with E-state index in [1.807, 2.05) is 13.8 Å². The van der Waals surface area contributed by atoms with E-state index in [0.29, 0.717) is 12.0 Å². The zero-order chi connectivity index (χ0) is 12.1. The highest BCUT2D eigenvalue weighted by Crippen LogP contribution is 2.18. The summed E-state index contributed by atoms with van der Waals surface area (Å²) in [6.07, 6.45) is 2.46. The predicted molar refractivity (Wildman–Crippen MR) is 64.6 cm³/mol. The largest absolute Gasteiger partial charge is 0.507 e. The molecule has 1 amide bonds. The van der Waals surface area contributed by atoms with Crippen LogP contribution in [-0.4, -0.2) is 17.1 Å². The molecular formula is C13H17NO2. The highest BCUT2D eigenvalue weighted by molar-refractivity contribution is 5.97. The number of carbonyl (C=O) groups excluding carboxylic acids is 1. The van der Waals surface area contributed by atoms with Gasteiger partial charge in [-0.15, -0.1) is 6.58 Å². The van der Waals surface area contributed by atoms with Crippen LogP contribution in [0.1, 0.15) is 29.3 Å². The number of hydrogen-bond donors (Lipinski definition) is 2. The first-order valence-corrected chi connectivity index (χ1v) is 5.26. The van der Waals surface area contributed by atoms with E-state index in [9.17, 15) is 9.90 Å². The van der Waals surface area contributed by atoms with E-state index in [2.05, 4.69) is 11.9 Å². The molecule has 0 radical (unpaired) electrons. The van der Waals surface area contributed by atoms with Crippen molar-refractivity contribution in [2.45, 2.75) is 26.3 Å². The lowest BCUT2D eigenvalue weighted by atomic mass is 10.1. The lowest BCUT2D eigenvalue weighted by molar-refractivity contribution is 0.0938. The molecule has 16 heavy (non-hydrogen) atoms. The Kier molecular flexibility index (Phi) is 4.11. The SMILES string of the molecule is C=CCC(C)NC(=O)c1ccc(C)cc1O. The minimum absolute atomic E-state index is 0.0169. The molecule has 0 aliphatic carbocycles. The molecule has 0 aliphatic heterocycles. The zero-order valence-corrected chi connectivity index (χ0v) is 9.66. The lowest BCUT2D eigenvalue weighted by Crippen LogP contribution is -2.32. The fourth-order valence-corrected chi connectivity index (χ4v) is 1.44.